The molecule has 0 radical (unpaired) electrons. The normalized spacial score (nSPS) is 13.3. The highest BCUT2D eigenvalue weighted by Crippen LogP contribution is 2.38. The lowest BCUT2D eigenvalue weighted by atomic mass is 9.95. The van der Waals surface area contributed by atoms with Gasteiger partial charge in [0.15, 0.2) is 5.54 Å². The Bertz CT molecular complexity index is 1780. The number of rotatable bonds is 11. The number of carboxylic acid groups (broad SMARTS) is 1. The average molecular weight is 663 g/mol. The summed E-state index contributed by atoms with van der Waals surface area (Å²) in [6.07, 6.45) is -0.960. The molecule has 0 fully saturated rings. The van der Waals surface area contributed by atoms with Gasteiger partial charge in [0.05, 0.1) is 23.5 Å². The maximum absolute atomic E-state index is 12.1. The summed E-state index contributed by atoms with van der Waals surface area (Å²) >= 11 is 8.79. The number of aromatic nitrogens is 2. The Hall–Kier alpha value is -4.17. The van der Waals surface area contributed by atoms with E-state index in [1.807, 2.05) is 17.5 Å². The van der Waals surface area contributed by atoms with Crippen molar-refractivity contribution >= 4 is 46.5 Å². The van der Waals surface area contributed by atoms with Gasteiger partial charge in [-0.1, -0.05) is 47.6 Å². The molecule has 4 aromatic rings. The molecular formula is C32H31ClN6O4S2. The molecule has 0 aliphatic heterocycles. The number of thioether (sulfide) groups is 1. The number of anilines is 1. The first-order valence-corrected chi connectivity index (χ1v) is 15.9. The topological polar surface area (TPSA) is 181 Å². The van der Waals surface area contributed by atoms with Gasteiger partial charge in [0.2, 0.25) is 0 Å². The van der Waals surface area contributed by atoms with Crippen molar-refractivity contribution in [2.75, 3.05) is 12.3 Å². The third kappa shape index (κ3) is 7.92. The first-order chi connectivity index (χ1) is 21.3. The number of carbonyl (C=O) groups is 1. The summed E-state index contributed by atoms with van der Waals surface area (Å²) in [6, 6.07) is 18.2. The molecule has 0 saturated carbocycles. The van der Waals surface area contributed by atoms with Crippen LogP contribution in [-0.2, 0) is 15.3 Å². The molecule has 13 heteroatoms. The van der Waals surface area contributed by atoms with Crippen LogP contribution in [0, 0.1) is 22.7 Å². The number of carboxylic acids is 1. The second-order valence-corrected chi connectivity index (χ2v) is 13.4. The zero-order chi connectivity index (χ0) is 32.9. The Labute approximate surface area is 274 Å². The highest BCUT2D eigenvalue weighted by Gasteiger charge is 2.43. The van der Waals surface area contributed by atoms with Crippen LogP contribution >= 0.6 is 34.7 Å². The van der Waals surface area contributed by atoms with E-state index in [-0.39, 0.29) is 23.6 Å². The number of hydrogen-bond donors (Lipinski definition) is 3. The molecule has 2 heterocycles. The van der Waals surface area contributed by atoms with Gasteiger partial charge in [0.25, 0.3) is 0 Å². The Balaban J connectivity index is 1.58. The Morgan fingerprint density at radius 1 is 1.07 bits per heavy atom. The van der Waals surface area contributed by atoms with Crippen LogP contribution in [0.1, 0.15) is 44.5 Å². The number of nitrogens with zero attached hydrogens (tertiary/aromatic N) is 4. The predicted molar refractivity (Wildman–Crippen MR) is 176 cm³/mol. The van der Waals surface area contributed by atoms with E-state index in [1.54, 1.807) is 64.1 Å². The second-order valence-electron chi connectivity index (χ2n) is 11.1. The second kappa shape index (κ2) is 13.9. The standard InChI is InChI=1S/C32H31ClN6O4S2/c1-18(32(37,30(40)41)17-42-31(2,3)4)43-23-11-7-19(8-12-23)26-24(13-34)27(36)39-29(25(26)14-35)45-16-22-15-44-28(38-22)20-5-9-21(33)10-6-20/h5-12,15,18H,16-17,37H2,1-4H3,(H2,36,39)(H,40,41)/t18?,32-/m1/s1. The number of benzene rings is 2. The molecule has 5 N–H and O–H groups in total. The van der Waals surface area contributed by atoms with Crippen molar-refractivity contribution < 1.29 is 19.4 Å². The van der Waals surface area contributed by atoms with Crippen molar-refractivity contribution in [3.63, 3.8) is 0 Å². The molecule has 2 aromatic carbocycles. The summed E-state index contributed by atoms with van der Waals surface area (Å²) in [4.78, 5) is 21.1. The van der Waals surface area contributed by atoms with Gasteiger partial charge < -0.3 is 26.0 Å². The van der Waals surface area contributed by atoms with Crippen LogP contribution in [0.5, 0.6) is 5.75 Å². The Morgan fingerprint density at radius 3 is 2.27 bits per heavy atom. The average Bonchev–Trinajstić information content (AvgIpc) is 3.47. The molecule has 10 nitrogen and oxygen atoms in total. The number of nitrogen functional groups attached to an aromatic ring is 1. The van der Waals surface area contributed by atoms with Gasteiger partial charge in [0, 0.05) is 27.3 Å². The predicted octanol–water partition coefficient (Wildman–Crippen LogP) is 6.51. The molecule has 0 bridgehead atoms. The minimum atomic E-state index is -1.81. The van der Waals surface area contributed by atoms with Crippen LogP contribution in [-0.4, -0.2) is 44.9 Å². The molecule has 4 rings (SSSR count). The Morgan fingerprint density at radius 2 is 1.69 bits per heavy atom. The van der Waals surface area contributed by atoms with Crippen molar-refractivity contribution in [2.24, 2.45) is 5.73 Å². The zero-order valence-electron chi connectivity index (χ0n) is 25.0. The summed E-state index contributed by atoms with van der Waals surface area (Å²) in [7, 11) is 0. The molecule has 2 aromatic heterocycles. The minimum absolute atomic E-state index is 0.00342. The largest absolute Gasteiger partial charge is 0.488 e. The van der Waals surface area contributed by atoms with E-state index in [0.717, 1.165) is 16.3 Å². The number of thiazole rings is 1. The quantitative estimate of drug-likeness (QED) is 0.149. The van der Waals surface area contributed by atoms with E-state index in [0.29, 0.717) is 32.7 Å². The van der Waals surface area contributed by atoms with Crippen LogP contribution in [0.25, 0.3) is 21.7 Å². The van der Waals surface area contributed by atoms with Gasteiger partial charge in [-0.25, -0.2) is 14.8 Å². The summed E-state index contributed by atoms with van der Waals surface area (Å²) < 4.78 is 11.6. The number of ether oxygens (including phenoxy) is 2. The molecule has 1 unspecified atom stereocenters. The maximum atomic E-state index is 12.1. The van der Waals surface area contributed by atoms with E-state index < -0.39 is 23.2 Å². The molecule has 0 aliphatic rings. The fraction of sp³-hybridized carbons (Fsp3) is 0.281. The summed E-state index contributed by atoms with van der Waals surface area (Å²) in [5, 5.41) is 33.7. The lowest BCUT2D eigenvalue weighted by Gasteiger charge is -2.33. The number of nitrogens with two attached hydrogens (primary N) is 2. The minimum Gasteiger partial charge on any atom is -0.488 e. The van der Waals surface area contributed by atoms with Crippen molar-refractivity contribution in [1.82, 2.24) is 9.97 Å². The van der Waals surface area contributed by atoms with Crippen LogP contribution in [0.4, 0.5) is 5.82 Å². The molecule has 0 saturated heterocycles. The van der Waals surface area contributed by atoms with E-state index in [9.17, 15) is 20.4 Å². The van der Waals surface area contributed by atoms with E-state index in [4.69, 9.17) is 37.5 Å². The molecular weight excluding hydrogens is 632 g/mol. The van der Waals surface area contributed by atoms with E-state index in [1.165, 1.54) is 23.1 Å². The van der Waals surface area contributed by atoms with Crippen molar-refractivity contribution in [1.29, 1.82) is 10.5 Å². The highest BCUT2D eigenvalue weighted by molar-refractivity contribution is 7.98. The van der Waals surface area contributed by atoms with Gasteiger partial charge in [-0.05, 0) is 57.5 Å². The molecule has 2 atom stereocenters. The third-order valence-electron chi connectivity index (χ3n) is 6.74. The first-order valence-electron chi connectivity index (χ1n) is 13.7. The Kier molecular flexibility index (Phi) is 10.4. The molecule has 232 valence electrons. The molecule has 45 heavy (non-hydrogen) atoms. The van der Waals surface area contributed by atoms with Gasteiger partial charge >= 0.3 is 5.97 Å². The monoisotopic (exact) mass is 662 g/mol. The fourth-order valence-corrected chi connectivity index (χ4v) is 6.07. The van der Waals surface area contributed by atoms with Crippen LogP contribution in [0.15, 0.2) is 58.9 Å². The molecule has 0 spiro atoms. The van der Waals surface area contributed by atoms with Crippen molar-refractivity contribution in [3.05, 3.63) is 75.8 Å². The lowest BCUT2D eigenvalue weighted by molar-refractivity contribution is -0.153. The van der Waals surface area contributed by atoms with E-state index >= 15 is 0 Å². The van der Waals surface area contributed by atoms with Crippen molar-refractivity contribution in [2.45, 2.75) is 55.7 Å². The number of aliphatic carboxylic acids is 1. The third-order valence-corrected chi connectivity index (χ3v) is 8.94. The summed E-state index contributed by atoms with van der Waals surface area (Å²) in [5.74, 6) is -0.503. The van der Waals surface area contributed by atoms with Gasteiger partial charge in [-0.2, -0.15) is 10.5 Å². The van der Waals surface area contributed by atoms with Crippen molar-refractivity contribution in [3.8, 4) is 39.6 Å². The van der Waals surface area contributed by atoms with E-state index in [2.05, 4.69) is 17.1 Å². The number of halogens is 1. The molecule has 0 aliphatic carbocycles. The van der Waals surface area contributed by atoms with Gasteiger partial charge in [0.1, 0.15) is 45.4 Å². The molecule has 0 amide bonds. The fourth-order valence-electron chi connectivity index (χ4n) is 4.13. The lowest BCUT2D eigenvalue weighted by Crippen LogP contribution is -2.62. The van der Waals surface area contributed by atoms with Crippen LogP contribution in [0.2, 0.25) is 5.02 Å². The van der Waals surface area contributed by atoms with Gasteiger partial charge in [-0.3, -0.25) is 0 Å². The SMILES string of the molecule is CC(Oc1ccc(-c2c(C#N)c(N)nc(SCc3csc(-c4ccc(Cl)cc4)n3)c2C#N)cc1)[C@](N)(COC(C)(C)C)C(=O)O. The summed E-state index contributed by atoms with van der Waals surface area (Å²) in [5.41, 5.74) is 12.9. The summed E-state index contributed by atoms with van der Waals surface area (Å²) in [6.45, 7) is 6.71. The highest BCUT2D eigenvalue weighted by atomic mass is 35.5. The smallest absolute Gasteiger partial charge is 0.329 e. The zero-order valence-corrected chi connectivity index (χ0v) is 27.4. The first kappa shape index (κ1) is 33.7. The number of nitriles is 2. The van der Waals surface area contributed by atoms with Crippen LogP contribution in [0.3, 0.4) is 0 Å². The number of hydrogen-bond acceptors (Lipinski definition) is 11. The van der Waals surface area contributed by atoms with Gasteiger partial charge in [-0.15, -0.1) is 11.3 Å². The van der Waals surface area contributed by atoms with Crippen LogP contribution < -0.4 is 16.2 Å². The number of pyridine rings is 1. The maximum Gasteiger partial charge on any atom is 0.329 e.